The fourth-order valence-electron chi connectivity index (χ4n) is 7.98. The van der Waals surface area contributed by atoms with Gasteiger partial charge in [0.05, 0.1) is 17.3 Å². The molecule has 0 spiro atoms. The summed E-state index contributed by atoms with van der Waals surface area (Å²) >= 11 is 0. The number of rotatable bonds is 0. The van der Waals surface area contributed by atoms with Crippen molar-refractivity contribution in [3.05, 3.63) is 46.9 Å². The summed E-state index contributed by atoms with van der Waals surface area (Å²) < 4.78 is 6.08. The van der Waals surface area contributed by atoms with Crippen LogP contribution in [-0.2, 0) is 23.0 Å². The number of aliphatic hydroxyl groups is 1. The molecule has 2 heterocycles. The van der Waals surface area contributed by atoms with Gasteiger partial charge in [-0.1, -0.05) is 27.4 Å². The average Bonchev–Trinajstić information content (AvgIpc) is 3.27. The van der Waals surface area contributed by atoms with Gasteiger partial charge in [0.2, 0.25) is 0 Å². The summed E-state index contributed by atoms with van der Waals surface area (Å²) in [5, 5.41) is 12.6. The van der Waals surface area contributed by atoms with Gasteiger partial charge in [-0.05, 0) is 75.6 Å². The number of allylic oxidation sites excluding steroid dienone is 1. The van der Waals surface area contributed by atoms with Gasteiger partial charge >= 0.3 is 0 Å². The Kier molecular flexibility index (Phi) is 3.66. The Morgan fingerprint density at radius 2 is 1.81 bits per heavy atom. The quantitative estimate of drug-likeness (QED) is 0.580. The highest BCUT2D eigenvalue weighted by molar-refractivity contribution is 6.06. The molecule has 0 radical (unpaired) electrons. The van der Waals surface area contributed by atoms with Gasteiger partial charge in [-0.15, -0.1) is 0 Å². The molecule has 0 bridgehead atoms. The van der Waals surface area contributed by atoms with Crippen molar-refractivity contribution in [3.8, 4) is 0 Å². The smallest absolute Gasteiger partial charge is 0.170 e. The van der Waals surface area contributed by atoms with E-state index in [2.05, 4.69) is 38.4 Å². The summed E-state index contributed by atoms with van der Waals surface area (Å²) in [6, 6.07) is 4.11. The van der Waals surface area contributed by atoms with Crippen LogP contribution >= 0.6 is 0 Å². The Morgan fingerprint density at radius 3 is 2.53 bits per heavy atom. The Hall–Kier alpha value is -2.07. The van der Waals surface area contributed by atoms with Crippen molar-refractivity contribution in [2.24, 2.45) is 23.2 Å². The number of aromatic nitrogens is 1. The molecular formula is C28H35NO3. The molecule has 3 unspecified atom stereocenters. The molecule has 2 fully saturated rings. The van der Waals surface area contributed by atoms with Gasteiger partial charge in [-0.2, -0.15) is 0 Å². The van der Waals surface area contributed by atoms with Gasteiger partial charge in [-0.25, -0.2) is 0 Å². The fraction of sp³-hybridized carbons (Fsp3) is 0.607. The van der Waals surface area contributed by atoms with E-state index in [0.29, 0.717) is 5.92 Å². The summed E-state index contributed by atoms with van der Waals surface area (Å²) in [5.41, 5.74) is 4.14. The molecular weight excluding hydrogens is 398 g/mol. The van der Waals surface area contributed by atoms with Crippen LogP contribution in [0, 0.1) is 23.2 Å². The van der Waals surface area contributed by atoms with Crippen LogP contribution in [0.2, 0.25) is 0 Å². The van der Waals surface area contributed by atoms with Gasteiger partial charge in [0.15, 0.2) is 5.78 Å². The van der Waals surface area contributed by atoms with E-state index in [1.165, 1.54) is 22.2 Å². The van der Waals surface area contributed by atoms with Crippen LogP contribution in [0.1, 0.15) is 81.6 Å². The minimum absolute atomic E-state index is 0.0394. The van der Waals surface area contributed by atoms with Crippen LogP contribution in [0.15, 0.2) is 24.5 Å². The first-order valence-corrected chi connectivity index (χ1v) is 12.1. The third-order valence-electron chi connectivity index (χ3n) is 10.5. The van der Waals surface area contributed by atoms with Crippen LogP contribution in [0.5, 0.6) is 0 Å². The van der Waals surface area contributed by atoms with Crippen molar-refractivity contribution < 1.29 is 14.6 Å². The van der Waals surface area contributed by atoms with Gasteiger partial charge in [0, 0.05) is 38.9 Å². The Morgan fingerprint density at radius 1 is 1.09 bits per heavy atom. The number of carbonyl (C=O) groups is 1. The van der Waals surface area contributed by atoms with Crippen molar-refractivity contribution >= 4 is 16.7 Å². The third-order valence-corrected chi connectivity index (χ3v) is 10.5. The van der Waals surface area contributed by atoms with Crippen LogP contribution in [-0.4, -0.2) is 27.1 Å². The van der Waals surface area contributed by atoms with E-state index < -0.39 is 11.2 Å². The molecule has 0 amide bonds. The Balaban J connectivity index is 1.57. The molecule has 2 aromatic rings. The van der Waals surface area contributed by atoms with Crippen LogP contribution in [0.4, 0.5) is 0 Å². The second-order valence-corrected chi connectivity index (χ2v) is 12.4. The Bertz CT molecular complexity index is 1210. The highest BCUT2D eigenvalue weighted by Crippen LogP contribution is 2.64. The van der Waals surface area contributed by atoms with Crippen molar-refractivity contribution in [3.63, 3.8) is 0 Å². The minimum Gasteiger partial charge on any atom is -0.492 e. The lowest BCUT2D eigenvalue weighted by Gasteiger charge is -2.57. The average molecular weight is 434 g/mol. The number of fused-ring (bicyclic) bond motifs is 8. The van der Waals surface area contributed by atoms with Gasteiger partial charge < -0.3 is 14.8 Å². The Labute approximate surface area is 190 Å². The van der Waals surface area contributed by atoms with E-state index in [-0.39, 0.29) is 28.4 Å². The predicted molar refractivity (Wildman–Crippen MR) is 126 cm³/mol. The first kappa shape index (κ1) is 20.5. The molecule has 1 aliphatic heterocycles. The fourth-order valence-corrected chi connectivity index (χ4v) is 7.98. The number of Topliss-reactive ketones (excluding diaryl/α,β-unsaturated/α-hetero) is 1. The molecule has 4 nitrogen and oxygen atoms in total. The third kappa shape index (κ3) is 2.11. The second kappa shape index (κ2) is 5.70. The zero-order valence-electron chi connectivity index (χ0n) is 20.2. The number of benzene rings is 1. The van der Waals surface area contributed by atoms with Gasteiger partial charge in [0.25, 0.3) is 0 Å². The standard InChI is InChI=1S/C28H35NO3/c1-14-17-13-18-16(23(30)22(17)25(2,3)32-14)8-9-20-21(18)19-12-15-10-11-27(6,31)26(4,5)28(15,7)24(19)29-20/h8-9,15,17,22,29,31H,1,10-13H2,2-7H3/t15?,17?,22?,27-,28+/m0/s1. The maximum Gasteiger partial charge on any atom is 0.170 e. The van der Waals surface area contributed by atoms with E-state index in [1.807, 2.05) is 26.8 Å². The first-order chi connectivity index (χ1) is 14.8. The molecule has 1 saturated carbocycles. The van der Waals surface area contributed by atoms with E-state index in [4.69, 9.17) is 4.74 Å². The number of H-pyrrole nitrogens is 1. The largest absolute Gasteiger partial charge is 0.492 e. The number of nitrogens with one attached hydrogen (secondary N) is 1. The number of ketones is 1. The topological polar surface area (TPSA) is 62.3 Å². The molecule has 6 rings (SSSR count). The molecule has 32 heavy (non-hydrogen) atoms. The number of hydrogen-bond acceptors (Lipinski definition) is 3. The molecule has 2 N–H and O–H groups in total. The summed E-state index contributed by atoms with van der Waals surface area (Å²) in [5.74, 6) is 1.32. The number of carbonyl (C=O) groups excluding carboxylic acids is 1. The number of hydrogen-bond donors (Lipinski definition) is 2. The SMILES string of the molecule is C=C1OC(C)(C)C2C(=O)c3ccc4[nH]c5c(c4c3CC12)CC1CC[C@](C)(O)C(C)(C)[C@@]51C. The lowest BCUT2D eigenvalue weighted by molar-refractivity contribution is -0.140. The lowest BCUT2D eigenvalue weighted by atomic mass is 9.49. The molecule has 5 atom stereocenters. The molecule has 3 aliphatic carbocycles. The van der Waals surface area contributed by atoms with E-state index in [9.17, 15) is 9.90 Å². The van der Waals surface area contributed by atoms with Gasteiger partial charge in [-0.3, -0.25) is 4.79 Å². The van der Waals surface area contributed by atoms with Crippen molar-refractivity contribution in [2.45, 2.75) is 83.8 Å². The monoisotopic (exact) mass is 433 g/mol. The summed E-state index contributed by atoms with van der Waals surface area (Å²) in [7, 11) is 0. The second-order valence-electron chi connectivity index (χ2n) is 12.4. The number of aromatic amines is 1. The maximum absolute atomic E-state index is 13.7. The molecule has 1 aromatic carbocycles. The molecule has 170 valence electrons. The molecule has 1 saturated heterocycles. The lowest BCUT2D eigenvalue weighted by Crippen LogP contribution is -2.60. The summed E-state index contributed by atoms with van der Waals surface area (Å²) in [6.07, 6.45) is 3.66. The summed E-state index contributed by atoms with van der Waals surface area (Å²) in [6.45, 7) is 17.0. The van der Waals surface area contributed by atoms with Crippen molar-refractivity contribution in [1.29, 1.82) is 0 Å². The van der Waals surface area contributed by atoms with Crippen molar-refractivity contribution in [1.82, 2.24) is 4.98 Å². The summed E-state index contributed by atoms with van der Waals surface area (Å²) in [4.78, 5) is 17.4. The van der Waals surface area contributed by atoms with Crippen LogP contribution < -0.4 is 0 Å². The van der Waals surface area contributed by atoms with Crippen LogP contribution in [0.3, 0.4) is 0 Å². The zero-order valence-corrected chi connectivity index (χ0v) is 20.2. The zero-order chi connectivity index (χ0) is 23.0. The van der Waals surface area contributed by atoms with E-state index in [0.717, 1.165) is 42.5 Å². The van der Waals surface area contributed by atoms with E-state index in [1.54, 1.807) is 0 Å². The maximum atomic E-state index is 13.7. The predicted octanol–water partition coefficient (Wildman–Crippen LogP) is 5.46. The molecule has 4 heteroatoms. The highest BCUT2D eigenvalue weighted by Gasteiger charge is 2.63. The van der Waals surface area contributed by atoms with Crippen molar-refractivity contribution in [2.75, 3.05) is 0 Å². The normalized spacial score (nSPS) is 38.8. The minimum atomic E-state index is -0.718. The van der Waals surface area contributed by atoms with E-state index >= 15 is 0 Å². The van der Waals surface area contributed by atoms with Crippen LogP contribution in [0.25, 0.3) is 10.9 Å². The first-order valence-electron chi connectivity index (χ1n) is 12.1. The highest BCUT2D eigenvalue weighted by atomic mass is 16.5. The molecule has 1 aromatic heterocycles. The molecule has 4 aliphatic rings. The van der Waals surface area contributed by atoms with Gasteiger partial charge in [0.1, 0.15) is 5.60 Å². The number of ether oxygens (including phenoxy) is 1.